The Morgan fingerprint density at radius 1 is 1.03 bits per heavy atom. The highest BCUT2D eigenvalue weighted by molar-refractivity contribution is 7.90. The molecule has 1 heterocycles. The van der Waals surface area contributed by atoms with Gasteiger partial charge in [0.2, 0.25) is 5.91 Å². The van der Waals surface area contributed by atoms with Crippen LogP contribution in [0, 0.1) is 0 Å². The molecule has 0 saturated heterocycles. The first-order valence-corrected chi connectivity index (χ1v) is 12.0. The lowest BCUT2D eigenvalue weighted by Crippen LogP contribution is -2.30. The third kappa shape index (κ3) is 5.92. The van der Waals surface area contributed by atoms with E-state index in [0.717, 1.165) is 37.7 Å². The van der Waals surface area contributed by atoms with Gasteiger partial charge in [-0.05, 0) is 49.1 Å². The van der Waals surface area contributed by atoms with Gasteiger partial charge < -0.3 is 5.32 Å². The average molecular weight is 428 g/mol. The first kappa shape index (κ1) is 22.0. The molecule has 0 spiro atoms. The molecule has 1 aliphatic heterocycles. The van der Waals surface area contributed by atoms with Crippen LogP contribution in [0.25, 0.3) is 0 Å². The Kier molecular flexibility index (Phi) is 7.63. The number of amides is 1. The molecule has 30 heavy (non-hydrogen) atoms. The summed E-state index contributed by atoms with van der Waals surface area (Å²) >= 11 is 0. The number of anilines is 1. The van der Waals surface area contributed by atoms with E-state index in [1.54, 1.807) is 12.1 Å². The fourth-order valence-electron chi connectivity index (χ4n) is 3.54. The van der Waals surface area contributed by atoms with Crippen molar-refractivity contribution in [1.82, 2.24) is 4.72 Å². The van der Waals surface area contributed by atoms with Crippen LogP contribution in [0.2, 0.25) is 0 Å². The largest absolute Gasteiger partial charge is 0.326 e. The van der Waals surface area contributed by atoms with Gasteiger partial charge in [0.25, 0.3) is 10.0 Å². The normalized spacial score (nSPS) is 15.6. The Labute approximate surface area is 178 Å². The summed E-state index contributed by atoms with van der Waals surface area (Å²) in [5, 5.41) is 2.92. The van der Waals surface area contributed by atoms with Gasteiger partial charge in [-0.2, -0.15) is 0 Å². The highest BCUT2D eigenvalue weighted by Crippen LogP contribution is 2.24. The molecule has 1 aliphatic rings. The van der Waals surface area contributed by atoms with Crippen molar-refractivity contribution in [3.63, 3.8) is 0 Å². The highest BCUT2D eigenvalue weighted by atomic mass is 32.2. The number of rotatable bonds is 7. The summed E-state index contributed by atoms with van der Waals surface area (Å²) in [6, 6.07) is 15.9. The van der Waals surface area contributed by atoms with Crippen LogP contribution >= 0.6 is 0 Å². The zero-order chi connectivity index (χ0) is 21.4. The van der Waals surface area contributed by atoms with Gasteiger partial charge in [-0.1, -0.05) is 50.1 Å². The Morgan fingerprint density at radius 3 is 2.47 bits per heavy atom. The Bertz CT molecular complexity index is 971. The predicted octanol–water partition coefficient (Wildman–Crippen LogP) is 4.46. The van der Waals surface area contributed by atoms with Crippen LogP contribution in [0.15, 0.2) is 64.5 Å². The number of sulfonamides is 1. The number of nitrogens with zero attached hydrogens (tertiary/aromatic N) is 1. The molecule has 1 amide bonds. The fourth-order valence-corrected chi connectivity index (χ4v) is 4.63. The Morgan fingerprint density at radius 2 is 1.77 bits per heavy atom. The average Bonchev–Trinajstić information content (AvgIpc) is 3.01. The number of aliphatic imine (C=N–C) groups is 1. The minimum absolute atomic E-state index is 0.0930. The monoisotopic (exact) mass is 427 g/mol. The molecule has 0 aliphatic carbocycles. The second kappa shape index (κ2) is 10.4. The molecule has 2 aromatic rings. The van der Waals surface area contributed by atoms with Crippen molar-refractivity contribution in [2.75, 3.05) is 11.9 Å². The lowest BCUT2D eigenvalue weighted by atomic mass is 9.93. The number of hydrogen-bond acceptors (Lipinski definition) is 4. The van der Waals surface area contributed by atoms with E-state index in [2.05, 4.69) is 22.0 Å². The maximum atomic E-state index is 12.8. The van der Waals surface area contributed by atoms with Crippen molar-refractivity contribution in [3.05, 3.63) is 60.2 Å². The molecular weight excluding hydrogens is 398 g/mol. The van der Waals surface area contributed by atoms with Crippen molar-refractivity contribution in [3.8, 4) is 0 Å². The number of carbonyl (C=O) groups excluding carboxylic acids is 1. The number of benzene rings is 2. The summed E-state index contributed by atoms with van der Waals surface area (Å²) in [6.07, 6.45) is 5.26. The first-order chi connectivity index (χ1) is 14.5. The van der Waals surface area contributed by atoms with Gasteiger partial charge >= 0.3 is 0 Å². The summed E-state index contributed by atoms with van der Waals surface area (Å²) in [5.41, 5.74) is 1.55. The highest BCUT2D eigenvalue weighted by Gasteiger charge is 2.21. The molecular formula is C23H29N3O3S. The van der Waals surface area contributed by atoms with Crippen LogP contribution in [0.1, 0.15) is 56.9 Å². The van der Waals surface area contributed by atoms with Crippen molar-refractivity contribution in [1.29, 1.82) is 0 Å². The van der Waals surface area contributed by atoms with Gasteiger partial charge in [0.05, 0.1) is 10.8 Å². The number of amidine groups is 1. The number of carbonyl (C=O) groups is 1. The van der Waals surface area contributed by atoms with Gasteiger partial charge in [0.1, 0.15) is 5.84 Å². The van der Waals surface area contributed by atoms with Crippen LogP contribution in [0.3, 0.4) is 0 Å². The summed E-state index contributed by atoms with van der Waals surface area (Å²) < 4.78 is 27.9. The molecule has 0 aromatic heterocycles. The standard InChI is InChI=1S/C23H29N3O3S/c1-2-9-21(18-10-5-3-6-11-18)23(27)25-19-13-15-20(16-14-19)30(28,29)26-22-12-7-4-8-17-24-22/h3,5-6,10-11,13-16,21H,2,4,7-9,12,17H2,1H3,(H,24,26)(H,25,27)/t21-/m0/s1. The Balaban J connectivity index is 1.68. The van der Waals surface area contributed by atoms with E-state index >= 15 is 0 Å². The second-order valence-corrected chi connectivity index (χ2v) is 9.19. The third-order valence-electron chi connectivity index (χ3n) is 5.15. The van der Waals surface area contributed by atoms with Gasteiger partial charge in [-0.15, -0.1) is 0 Å². The van der Waals surface area contributed by atoms with Crippen LogP contribution in [0.4, 0.5) is 5.69 Å². The summed E-state index contributed by atoms with van der Waals surface area (Å²) in [7, 11) is -3.68. The van der Waals surface area contributed by atoms with E-state index in [-0.39, 0.29) is 16.7 Å². The molecule has 0 bridgehead atoms. The van der Waals surface area contributed by atoms with Gasteiger partial charge in [-0.25, -0.2) is 8.42 Å². The van der Waals surface area contributed by atoms with Crippen LogP contribution in [0.5, 0.6) is 0 Å². The van der Waals surface area contributed by atoms with E-state index in [0.29, 0.717) is 24.5 Å². The summed E-state index contributed by atoms with van der Waals surface area (Å²) in [5.74, 6) is 0.189. The molecule has 0 saturated carbocycles. The van der Waals surface area contributed by atoms with Crippen molar-refractivity contribution < 1.29 is 13.2 Å². The second-order valence-electron chi connectivity index (χ2n) is 7.51. The minimum Gasteiger partial charge on any atom is -0.326 e. The van der Waals surface area contributed by atoms with Crippen molar-refractivity contribution >= 4 is 27.5 Å². The molecule has 3 rings (SSSR count). The molecule has 2 N–H and O–H groups in total. The molecule has 0 radical (unpaired) electrons. The third-order valence-corrected chi connectivity index (χ3v) is 6.55. The molecule has 6 nitrogen and oxygen atoms in total. The van der Waals surface area contributed by atoms with Crippen LogP contribution in [-0.4, -0.2) is 26.7 Å². The van der Waals surface area contributed by atoms with Crippen molar-refractivity contribution in [2.24, 2.45) is 4.99 Å². The quantitative estimate of drug-likeness (QED) is 0.684. The zero-order valence-corrected chi connectivity index (χ0v) is 18.1. The summed E-state index contributed by atoms with van der Waals surface area (Å²) in [6.45, 7) is 2.71. The smallest absolute Gasteiger partial charge is 0.262 e. The van der Waals surface area contributed by atoms with E-state index in [1.165, 1.54) is 12.1 Å². The molecule has 7 heteroatoms. The molecule has 160 valence electrons. The molecule has 2 aromatic carbocycles. The van der Waals surface area contributed by atoms with Gasteiger partial charge in [0, 0.05) is 18.7 Å². The minimum atomic E-state index is -3.68. The molecule has 1 atom stereocenters. The maximum Gasteiger partial charge on any atom is 0.262 e. The lowest BCUT2D eigenvalue weighted by Gasteiger charge is -2.17. The van der Waals surface area contributed by atoms with Gasteiger partial charge in [0.15, 0.2) is 0 Å². The predicted molar refractivity (Wildman–Crippen MR) is 120 cm³/mol. The van der Waals surface area contributed by atoms with Crippen molar-refractivity contribution in [2.45, 2.75) is 56.3 Å². The molecule has 0 fully saturated rings. The lowest BCUT2D eigenvalue weighted by molar-refractivity contribution is -0.117. The fraction of sp³-hybridized carbons (Fsp3) is 0.391. The molecule has 0 unspecified atom stereocenters. The topological polar surface area (TPSA) is 87.6 Å². The zero-order valence-electron chi connectivity index (χ0n) is 17.3. The SMILES string of the molecule is CCC[C@H](C(=O)Nc1ccc(S(=O)(=O)NC2=NCCCCC2)cc1)c1ccccc1. The van der Waals surface area contributed by atoms with E-state index in [9.17, 15) is 13.2 Å². The number of hydrogen-bond donors (Lipinski definition) is 2. The summed E-state index contributed by atoms with van der Waals surface area (Å²) in [4.78, 5) is 17.3. The van der Waals surface area contributed by atoms with E-state index in [4.69, 9.17) is 0 Å². The van der Waals surface area contributed by atoms with Crippen LogP contribution < -0.4 is 10.0 Å². The van der Waals surface area contributed by atoms with Crippen LogP contribution in [-0.2, 0) is 14.8 Å². The first-order valence-electron chi connectivity index (χ1n) is 10.5. The maximum absolute atomic E-state index is 12.8. The Hall–Kier alpha value is -2.67. The van der Waals surface area contributed by atoms with Gasteiger partial charge in [-0.3, -0.25) is 14.5 Å². The van der Waals surface area contributed by atoms with E-state index < -0.39 is 10.0 Å². The number of nitrogens with one attached hydrogen (secondary N) is 2. The van der Waals surface area contributed by atoms with E-state index in [1.807, 2.05) is 30.3 Å².